The van der Waals surface area contributed by atoms with Crippen molar-refractivity contribution >= 4 is 0 Å². The zero-order valence-electron chi connectivity index (χ0n) is 11.8. The van der Waals surface area contributed by atoms with E-state index >= 15 is 0 Å². The normalized spacial score (nSPS) is 44.3. The quantitative estimate of drug-likeness (QED) is 0.771. The maximum atomic E-state index is 11.2. The molecule has 2 heteroatoms. The van der Waals surface area contributed by atoms with Crippen LogP contribution in [0.5, 0.6) is 0 Å². The van der Waals surface area contributed by atoms with E-state index in [0.717, 1.165) is 25.9 Å². The van der Waals surface area contributed by atoms with Gasteiger partial charge in [-0.2, -0.15) is 0 Å². The highest BCUT2D eigenvalue weighted by molar-refractivity contribution is 5.00. The van der Waals surface area contributed by atoms with Crippen molar-refractivity contribution in [2.75, 3.05) is 6.61 Å². The molecule has 0 aromatic rings. The van der Waals surface area contributed by atoms with Crippen LogP contribution in [0.4, 0.5) is 0 Å². The molecule has 3 unspecified atom stereocenters. The average Bonchev–Trinajstić information content (AvgIpc) is 2.81. The van der Waals surface area contributed by atoms with Crippen LogP contribution in [0.2, 0.25) is 0 Å². The van der Waals surface area contributed by atoms with Crippen LogP contribution in [-0.4, -0.2) is 22.9 Å². The monoisotopic (exact) mass is 252 g/mol. The fourth-order valence-corrected chi connectivity index (χ4v) is 4.78. The fraction of sp³-hybridized carbons (Fsp3) is 1.00. The van der Waals surface area contributed by atoms with Gasteiger partial charge in [0.1, 0.15) is 0 Å². The van der Waals surface area contributed by atoms with Gasteiger partial charge in [-0.3, -0.25) is 0 Å². The molecule has 2 saturated carbocycles. The van der Waals surface area contributed by atoms with E-state index in [9.17, 15) is 5.11 Å². The molecule has 1 N–H and O–H groups in total. The number of hydrogen-bond donors (Lipinski definition) is 1. The van der Waals surface area contributed by atoms with Crippen molar-refractivity contribution in [2.45, 2.75) is 82.3 Å². The van der Waals surface area contributed by atoms with E-state index in [1.54, 1.807) is 0 Å². The summed E-state index contributed by atoms with van der Waals surface area (Å²) in [4.78, 5) is 0. The zero-order valence-corrected chi connectivity index (χ0v) is 11.8. The van der Waals surface area contributed by atoms with Crippen molar-refractivity contribution < 1.29 is 9.84 Å². The van der Waals surface area contributed by atoms with Gasteiger partial charge in [-0.25, -0.2) is 0 Å². The molecule has 3 rings (SSSR count). The summed E-state index contributed by atoms with van der Waals surface area (Å²) in [5.41, 5.74) is -0.243. The molecule has 2 aliphatic carbocycles. The lowest BCUT2D eigenvalue weighted by Gasteiger charge is -2.49. The highest BCUT2D eigenvalue weighted by Crippen LogP contribution is 2.49. The van der Waals surface area contributed by atoms with Gasteiger partial charge in [0.05, 0.1) is 11.2 Å². The topological polar surface area (TPSA) is 29.5 Å². The van der Waals surface area contributed by atoms with Crippen molar-refractivity contribution in [1.82, 2.24) is 0 Å². The van der Waals surface area contributed by atoms with Crippen LogP contribution in [0.15, 0.2) is 0 Å². The van der Waals surface area contributed by atoms with Crippen LogP contribution in [0, 0.1) is 11.8 Å². The van der Waals surface area contributed by atoms with Crippen LogP contribution in [0.3, 0.4) is 0 Å². The van der Waals surface area contributed by atoms with Gasteiger partial charge in [-0.05, 0) is 50.4 Å². The van der Waals surface area contributed by atoms with Gasteiger partial charge in [0.2, 0.25) is 0 Å². The van der Waals surface area contributed by atoms with E-state index in [4.69, 9.17) is 4.74 Å². The molecule has 18 heavy (non-hydrogen) atoms. The summed E-state index contributed by atoms with van der Waals surface area (Å²) in [6.45, 7) is 3.13. The van der Waals surface area contributed by atoms with Crippen molar-refractivity contribution in [3.05, 3.63) is 0 Å². The van der Waals surface area contributed by atoms with E-state index < -0.39 is 5.60 Å². The maximum absolute atomic E-state index is 11.2. The average molecular weight is 252 g/mol. The molecule has 0 aromatic heterocycles. The summed E-state index contributed by atoms with van der Waals surface area (Å²) in [5, 5.41) is 11.2. The van der Waals surface area contributed by atoms with Crippen molar-refractivity contribution in [3.63, 3.8) is 0 Å². The van der Waals surface area contributed by atoms with Crippen molar-refractivity contribution in [1.29, 1.82) is 0 Å². The Morgan fingerprint density at radius 2 is 1.72 bits per heavy atom. The minimum atomic E-state index is -0.391. The lowest BCUT2D eigenvalue weighted by atomic mass is 9.64. The molecule has 3 atom stereocenters. The number of aliphatic hydroxyl groups is 1. The Bertz CT molecular complexity index is 295. The predicted molar refractivity (Wildman–Crippen MR) is 72.5 cm³/mol. The van der Waals surface area contributed by atoms with Crippen molar-refractivity contribution in [2.24, 2.45) is 11.8 Å². The molecule has 104 valence electrons. The second-order valence-electron chi connectivity index (χ2n) is 7.07. The first-order valence-electron chi connectivity index (χ1n) is 8.01. The summed E-state index contributed by atoms with van der Waals surface area (Å²) in [5.74, 6) is 0.965. The Kier molecular flexibility index (Phi) is 3.44. The largest absolute Gasteiger partial charge is 0.389 e. The summed E-state index contributed by atoms with van der Waals surface area (Å²) in [6, 6.07) is 0. The van der Waals surface area contributed by atoms with Gasteiger partial charge in [-0.1, -0.05) is 32.6 Å². The number of ether oxygens (including phenoxy) is 1. The molecule has 2 nitrogen and oxygen atoms in total. The highest BCUT2D eigenvalue weighted by Gasteiger charge is 2.49. The van der Waals surface area contributed by atoms with Crippen LogP contribution in [0.1, 0.15) is 71.1 Å². The third-order valence-electron chi connectivity index (χ3n) is 6.03. The minimum Gasteiger partial charge on any atom is -0.389 e. The summed E-state index contributed by atoms with van der Waals surface area (Å²) in [7, 11) is 0. The molecule has 1 saturated heterocycles. The van der Waals surface area contributed by atoms with Crippen LogP contribution < -0.4 is 0 Å². The lowest BCUT2D eigenvalue weighted by molar-refractivity contribution is -0.165. The first kappa shape index (κ1) is 12.9. The van der Waals surface area contributed by atoms with E-state index in [-0.39, 0.29) is 5.60 Å². The predicted octanol–water partition coefficient (Wildman–Crippen LogP) is 3.67. The van der Waals surface area contributed by atoms with E-state index in [1.165, 1.54) is 44.9 Å². The lowest BCUT2D eigenvalue weighted by Crippen LogP contribution is -2.52. The number of hydrogen-bond acceptors (Lipinski definition) is 2. The molecule has 0 aromatic carbocycles. The Morgan fingerprint density at radius 1 is 1.00 bits per heavy atom. The van der Waals surface area contributed by atoms with Gasteiger partial charge < -0.3 is 9.84 Å². The SMILES string of the molecule is CC1CCCCC1(O)C1CCOC2(CCCC2)C1. The molecule has 0 radical (unpaired) electrons. The van der Waals surface area contributed by atoms with Gasteiger partial charge >= 0.3 is 0 Å². The van der Waals surface area contributed by atoms with E-state index in [1.807, 2.05) is 0 Å². The molecule has 3 aliphatic rings. The molecule has 1 aliphatic heterocycles. The van der Waals surface area contributed by atoms with E-state index in [2.05, 4.69) is 6.92 Å². The molecule has 0 bridgehead atoms. The molecule has 0 amide bonds. The summed E-state index contributed by atoms with van der Waals surface area (Å²) in [6.07, 6.45) is 12.0. The molecular weight excluding hydrogens is 224 g/mol. The van der Waals surface area contributed by atoms with Crippen molar-refractivity contribution in [3.8, 4) is 0 Å². The number of rotatable bonds is 1. The molecular formula is C16H28O2. The molecule has 1 heterocycles. The standard InChI is InChI=1S/C16H28O2/c1-13-6-2-3-10-16(13,17)14-7-11-18-15(12-14)8-4-5-9-15/h13-14,17H,2-12H2,1H3. The Balaban J connectivity index is 1.74. The Hall–Kier alpha value is -0.0800. The van der Waals surface area contributed by atoms with E-state index in [0.29, 0.717) is 11.8 Å². The van der Waals surface area contributed by atoms with Crippen LogP contribution in [0.25, 0.3) is 0 Å². The molecule has 1 spiro atoms. The second-order valence-corrected chi connectivity index (χ2v) is 7.07. The zero-order chi connectivity index (χ0) is 12.6. The maximum Gasteiger partial charge on any atom is 0.0703 e. The third-order valence-corrected chi connectivity index (χ3v) is 6.03. The fourth-order valence-electron chi connectivity index (χ4n) is 4.78. The molecule has 3 fully saturated rings. The van der Waals surface area contributed by atoms with Gasteiger partial charge in [0, 0.05) is 6.61 Å². The second kappa shape index (κ2) is 4.79. The first-order chi connectivity index (χ1) is 8.65. The summed E-state index contributed by atoms with van der Waals surface area (Å²) < 4.78 is 6.12. The van der Waals surface area contributed by atoms with Crippen LogP contribution in [-0.2, 0) is 4.74 Å². The highest BCUT2D eigenvalue weighted by atomic mass is 16.5. The minimum absolute atomic E-state index is 0.149. The van der Waals surface area contributed by atoms with Gasteiger partial charge in [0.15, 0.2) is 0 Å². The first-order valence-corrected chi connectivity index (χ1v) is 8.01. The smallest absolute Gasteiger partial charge is 0.0703 e. The van der Waals surface area contributed by atoms with Gasteiger partial charge in [-0.15, -0.1) is 0 Å². The third kappa shape index (κ3) is 2.12. The van der Waals surface area contributed by atoms with Crippen LogP contribution >= 0.6 is 0 Å². The summed E-state index contributed by atoms with van der Waals surface area (Å²) >= 11 is 0. The Morgan fingerprint density at radius 3 is 2.44 bits per heavy atom. The van der Waals surface area contributed by atoms with Gasteiger partial charge in [0.25, 0.3) is 0 Å². The Labute approximate surface area is 111 Å².